The number of nitrogens with zero attached hydrogens (tertiary/aromatic N) is 2. The van der Waals surface area contributed by atoms with E-state index in [4.69, 9.17) is 10.8 Å². The van der Waals surface area contributed by atoms with Gasteiger partial charge in [0.25, 0.3) is 0 Å². The number of fused-ring (bicyclic) bond motifs is 1. The molecule has 0 bridgehead atoms. The van der Waals surface area contributed by atoms with Gasteiger partial charge in [-0.15, -0.1) is 0 Å². The lowest BCUT2D eigenvalue weighted by Crippen LogP contribution is -2.05. The van der Waals surface area contributed by atoms with E-state index in [9.17, 15) is 4.79 Å². The van der Waals surface area contributed by atoms with Crippen LogP contribution < -0.4 is 5.73 Å². The number of aromatic nitrogens is 2. The van der Waals surface area contributed by atoms with Crippen molar-refractivity contribution in [3.63, 3.8) is 0 Å². The first-order valence-corrected chi connectivity index (χ1v) is 4.11. The highest BCUT2D eigenvalue weighted by atomic mass is 16.4. The first-order valence-electron chi connectivity index (χ1n) is 4.11. The molecule has 5 nitrogen and oxygen atoms in total. The summed E-state index contributed by atoms with van der Waals surface area (Å²) in [6, 6.07) is 3.54. The maximum Gasteiger partial charge on any atom is 0.339 e. The minimum Gasteiger partial charge on any atom is -0.478 e. The molecule has 0 spiro atoms. The minimum absolute atomic E-state index is 0.186. The van der Waals surface area contributed by atoms with Gasteiger partial charge in [0.05, 0.1) is 12.2 Å². The zero-order valence-corrected chi connectivity index (χ0v) is 7.34. The van der Waals surface area contributed by atoms with Crippen LogP contribution in [0.1, 0.15) is 10.4 Å². The number of pyridine rings is 1. The molecule has 2 aromatic heterocycles. The first-order chi connectivity index (χ1) is 6.74. The van der Waals surface area contributed by atoms with Crippen molar-refractivity contribution < 1.29 is 9.90 Å². The molecule has 72 valence electrons. The van der Waals surface area contributed by atoms with Gasteiger partial charge >= 0.3 is 5.97 Å². The number of rotatable bonds is 2. The van der Waals surface area contributed by atoms with Gasteiger partial charge in [0, 0.05) is 12.4 Å². The molecule has 0 radical (unpaired) electrons. The summed E-state index contributed by atoms with van der Waals surface area (Å²) in [4.78, 5) is 14.9. The lowest BCUT2D eigenvalue weighted by Gasteiger charge is -1.97. The van der Waals surface area contributed by atoms with E-state index in [0.29, 0.717) is 5.52 Å². The van der Waals surface area contributed by atoms with E-state index in [1.54, 1.807) is 22.9 Å². The van der Waals surface area contributed by atoms with Gasteiger partial charge < -0.3 is 15.4 Å². The number of aromatic carboxylic acids is 1. The van der Waals surface area contributed by atoms with Crippen molar-refractivity contribution >= 4 is 17.0 Å². The van der Waals surface area contributed by atoms with E-state index in [1.165, 1.54) is 6.20 Å². The van der Waals surface area contributed by atoms with Gasteiger partial charge in [0.2, 0.25) is 0 Å². The summed E-state index contributed by atoms with van der Waals surface area (Å²) in [5, 5.41) is 8.90. The number of hydrogen-bond donors (Lipinski definition) is 2. The molecular weight excluding hydrogens is 182 g/mol. The average molecular weight is 191 g/mol. The second-order valence-electron chi connectivity index (χ2n) is 2.87. The van der Waals surface area contributed by atoms with Crippen LogP contribution in [0.25, 0.3) is 11.0 Å². The summed E-state index contributed by atoms with van der Waals surface area (Å²) in [6.07, 6.45) is 3.07. The normalized spacial score (nSPS) is 10.6. The van der Waals surface area contributed by atoms with Crippen LogP contribution in [0.4, 0.5) is 0 Å². The van der Waals surface area contributed by atoms with Gasteiger partial charge in [-0.3, -0.25) is 4.98 Å². The average Bonchev–Trinajstić information content (AvgIpc) is 2.56. The highest BCUT2D eigenvalue weighted by Crippen LogP contribution is 2.17. The standard InChI is InChI=1S/C9H9N3O2/c10-5-12-4-6(9(13)14)8-7(12)2-1-3-11-8/h1-4H,5,10H2,(H,13,14). The van der Waals surface area contributed by atoms with Crippen molar-refractivity contribution in [1.82, 2.24) is 9.55 Å². The highest BCUT2D eigenvalue weighted by molar-refractivity contribution is 6.01. The molecule has 0 unspecified atom stereocenters. The fraction of sp³-hybridized carbons (Fsp3) is 0.111. The molecule has 0 saturated carbocycles. The molecule has 0 aromatic carbocycles. The Morgan fingerprint density at radius 3 is 3.07 bits per heavy atom. The number of hydrogen-bond acceptors (Lipinski definition) is 3. The third-order valence-corrected chi connectivity index (χ3v) is 2.06. The van der Waals surface area contributed by atoms with Crippen molar-refractivity contribution in [2.75, 3.05) is 0 Å². The van der Waals surface area contributed by atoms with E-state index in [2.05, 4.69) is 4.98 Å². The van der Waals surface area contributed by atoms with E-state index >= 15 is 0 Å². The zero-order chi connectivity index (χ0) is 10.1. The maximum absolute atomic E-state index is 10.9. The van der Waals surface area contributed by atoms with E-state index in [-0.39, 0.29) is 12.2 Å². The van der Waals surface area contributed by atoms with Gasteiger partial charge in [-0.05, 0) is 12.1 Å². The Hall–Kier alpha value is -1.88. The molecule has 5 heteroatoms. The molecule has 0 atom stereocenters. The summed E-state index contributed by atoms with van der Waals surface area (Å²) in [5.74, 6) is -0.985. The summed E-state index contributed by atoms with van der Waals surface area (Å²) in [7, 11) is 0. The third kappa shape index (κ3) is 1.14. The molecule has 2 heterocycles. The second-order valence-corrected chi connectivity index (χ2v) is 2.87. The first kappa shape index (κ1) is 8.71. The zero-order valence-electron chi connectivity index (χ0n) is 7.34. The van der Waals surface area contributed by atoms with E-state index in [0.717, 1.165) is 5.52 Å². The molecule has 0 aliphatic rings. The van der Waals surface area contributed by atoms with Crippen molar-refractivity contribution in [1.29, 1.82) is 0 Å². The van der Waals surface area contributed by atoms with Crippen LogP contribution in [0, 0.1) is 0 Å². The molecule has 2 aromatic rings. The van der Waals surface area contributed by atoms with Gasteiger partial charge in [-0.2, -0.15) is 0 Å². The number of carboxylic acid groups (broad SMARTS) is 1. The van der Waals surface area contributed by atoms with E-state index in [1.807, 2.05) is 0 Å². The fourth-order valence-electron chi connectivity index (χ4n) is 1.43. The molecule has 0 fully saturated rings. The van der Waals surface area contributed by atoms with Crippen LogP contribution in [0.3, 0.4) is 0 Å². The largest absolute Gasteiger partial charge is 0.478 e. The van der Waals surface area contributed by atoms with Crippen molar-refractivity contribution in [2.24, 2.45) is 5.73 Å². The van der Waals surface area contributed by atoms with Crippen molar-refractivity contribution in [3.05, 3.63) is 30.1 Å². The van der Waals surface area contributed by atoms with Gasteiger partial charge in [0.1, 0.15) is 11.1 Å². The Labute approximate surface area is 79.8 Å². The Kier molecular flexibility index (Phi) is 1.94. The Bertz CT molecular complexity index is 490. The lowest BCUT2D eigenvalue weighted by molar-refractivity contribution is 0.0698. The van der Waals surface area contributed by atoms with E-state index < -0.39 is 5.97 Å². The topological polar surface area (TPSA) is 81.1 Å². The predicted octanol–water partition coefficient (Wildman–Crippen LogP) is 0.651. The molecule has 0 saturated heterocycles. The predicted molar refractivity (Wildman–Crippen MR) is 50.9 cm³/mol. The SMILES string of the molecule is NCn1cc(C(=O)O)c2ncccc21. The van der Waals surface area contributed by atoms with Crippen LogP contribution in [-0.4, -0.2) is 20.6 Å². The Morgan fingerprint density at radius 2 is 2.43 bits per heavy atom. The number of nitrogens with two attached hydrogens (primary N) is 1. The summed E-state index contributed by atoms with van der Waals surface area (Å²) in [5.41, 5.74) is 6.88. The number of carbonyl (C=O) groups is 1. The summed E-state index contributed by atoms with van der Waals surface area (Å²) >= 11 is 0. The monoisotopic (exact) mass is 191 g/mol. The molecular formula is C9H9N3O2. The third-order valence-electron chi connectivity index (χ3n) is 2.06. The van der Waals surface area contributed by atoms with Crippen molar-refractivity contribution in [3.8, 4) is 0 Å². The van der Waals surface area contributed by atoms with Gasteiger partial charge in [0.15, 0.2) is 0 Å². The summed E-state index contributed by atoms with van der Waals surface area (Å²) in [6.45, 7) is 0.246. The van der Waals surface area contributed by atoms with Crippen LogP contribution in [0.2, 0.25) is 0 Å². The molecule has 0 amide bonds. The minimum atomic E-state index is -0.985. The Morgan fingerprint density at radius 1 is 1.64 bits per heavy atom. The van der Waals surface area contributed by atoms with Gasteiger partial charge in [-0.1, -0.05) is 0 Å². The lowest BCUT2D eigenvalue weighted by atomic mass is 10.3. The summed E-state index contributed by atoms with van der Waals surface area (Å²) < 4.78 is 1.66. The van der Waals surface area contributed by atoms with Gasteiger partial charge in [-0.25, -0.2) is 4.79 Å². The molecule has 3 N–H and O–H groups in total. The van der Waals surface area contributed by atoms with Crippen LogP contribution in [0.5, 0.6) is 0 Å². The van der Waals surface area contributed by atoms with Crippen molar-refractivity contribution in [2.45, 2.75) is 6.67 Å². The Balaban J connectivity index is 2.80. The molecule has 14 heavy (non-hydrogen) atoms. The fourth-order valence-corrected chi connectivity index (χ4v) is 1.43. The molecule has 2 rings (SSSR count). The molecule has 0 aliphatic carbocycles. The quantitative estimate of drug-likeness (QED) is 0.730. The van der Waals surface area contributed by atoms with Crippen LogP contribution in [-0.2, 0) is 6.67 Å². The highest BCUT2D eigenvalue weighted by Gasteiger charge is 2.13. The van der Waals surface area contributed by atoms with Crippen LogP contribution >= 0.6 is 0 Å². The molecule has 0 aliphatic heterocycles. The maximum atomic E-state index is 10.9. The van der Waals surface area contributed by atoms with Crippen LogP contribution in [0.15, 0.2) is 24.5 Å². The smallest absolute Gasteiger partial charge is 0.339 e. The second kappa shape index (κ2) is 3.12. The number of carboxylic acids is 1.